The van der Waals surface area contributed by atoms with Crippen LogP contribution in [0.25, 0.3) is 0 Å². The Hall–Kier alpha value is -0.0400. The first-order valence-corrected chi connectivity index (χ1v) is 8.12. The molecule has 0 amide bonds. The molecule has 0 aromatic rings. The third kappa shape index (κ3) is 3.98. The van der Waals surface area contributed by atoms with E-state index in [0.717, 1.165) is 17.8 Å². The van der Waals surface area contributed by atoms with E-state index in [1.54, 1.807) is 0 Å². The van der Waals surface area contributed by atoms with E-state index < -0.39 is 0 Å². The van der Waals surface area contributed by atoms with E-state index in [-0.39, 0.29) is 0 Å². The second kappa shape index (κ2) is 7.41. The first-order chi connectivity index (χ1) is 8.42. The van der Waals surface area contributed by atoms with Crippen LogP contribution in [0.4, 0.5) is 0 Å². The topological polar surface area (TPSA) is 12.0 Å². The fourth-order valence-electron chi connectivity index (χ4n) is 4.14. The highest BCUT2D eigenvalue weighted by Crippen LogP contribution is 2.41. The molecule has 0 aromatic carbocycles. The highest BCUT2D eigenvalue weighted by molar-refractivity contribution is 4.83. The maximum Gasteiger partial charge on any atom is -0.00178 e. The number of hydrogen-bond donors (Lipinski definition) is 1. The third-order valence-corrected chi connectivity index (χ3v) is 5.06. The van der Waals surface area contributed by atoms with Crippen molar-refractivity contribution in [2.24, 2.45) is 17.8 Å². The van der Waals surface area contributed by atoms with Gasteiger partial charge < -0.3 is 5.32 Å². The lowest BCUT2D eigenvalue weighted by Gasteiger charge is -2.39. The third-order valence-electron chi connectivity index (χ3n) is 5.06. The van der Waals surface area contributed by atoms with Crippen molar-refractivity contribution in [3.63, 3.8) is 0 Å². The average Bonchev–Trinajstić information content (AvgIpc) is 2.41. The molecule has 2 rings (SSSR count). The smallest absolute Gasteiger partial charge is 0.00178 e. The minimum Gasteiger partial charge on any atom is -0.316 e. The van der Waals surface area contributed by atoms with Crippen molar-refractivity contribution < 1.29 is 0 Å². The first kappa shape index (κ1) is 13.4. The molecule has 2 unspecified atom stereocenters. The van der Waals surface area contributed by atoms with E-state index in [0.29, 0.717) is 0 Å². The van der Waals surface area contributed by atoms with Crippen LogP contribution in [0.15, 0.2) is 0 Å². The van der Waals surface area contributed by atoms with Gasteiger partial charge in [0, 0.05) is 0 Å². The van der Waals surface area contributed by atoms with Crippen molar-refractivity contribution in [2.45, 2.75) is 71.1 Å². The number of nitrogens with one attached hydrogen (secondary N) is 1. The average molecular weight is 237 g/mol. The Morgan fingerprint density at radius 3 is 2.35 bits per heavy atom. The summed E-state index contributed by atoms with van der Waals surface area (Å²) < 4.78 is 0. The lowest BCUT2D eigenvalue weighted by molar-refractivity contribution is 0.127. The SMILES string of the molecule is CCCNCC1CCCCC1C1CCCCC1. The minimum atomic E-state index is 0.999. The van der Waals surface area contributed by atoms with Gasteiger partial charge >= 0.3 is 0 Å². The fraction of sp³-hybridized carbons (Fsp3) is 1.00. The predicted molar refractivity (Wildman–Crippen MR) is 75.2 cm³/mol. The van der Waals surface area contributed by atoms with Crippen LogP contribution in [0.5, 0.6) is 0 Å². The van der Waals surface area contributed by atoms with E-state index in [1.807, 2.05) is 0 Å². The van der Waals surface area contributed by atoms with E-state index in [1.165, 1.54) is 77.3 Å². The minimum absolute atomic E-state index is 0.999. The van der Waals surface area contributed by atoms with Crippen LogP contribution in [-0.2, 0) is 0 Å². The Morgan fingerprint density at radius 2 is 1.59 bits per heavy atom. The maximum absolute atomic E-state index is 3.67. The second-order valence-electron chi connectivity index (χ2n) is 6.31. The Labute approximate surface area is 108 Å². The van der Waals surface area contributed by atoms with Gasteiger partial charge in [0.05, 0.1) is 0 Å². The summed E-state index contributed by atoms with van der Waals surface area (Å²) in [7, 11) is 0. The van der Waals surface area contributed by atoms with Crippen molar-refractivity contribution >= 4 is 0 Å². The van der Waals surface area contributed by atoms with Crippen LogP contribution < -0.4 is 5.32 Å². The van der Waals surface area contributed by atoms with Crippen molar-refractivity contribution in [2.75, 3.05) is 13.1 Å². The second-order valence-corrected chi connectivity index (χ2v) is 6.31. The van der Waals surface area contributed by atoms with Crippen molar-refractivity contribution in [3.05, 3.63) is 0 Å². The highest BCUT2D eigenvalue weighted by atomic mass is 14.9. The zero-order chi connectivity index (χ0) is 11.9. The lowest BCUT2D eigenvalue weighted by atomic mass is 9.68. The van der Waals surface area contributed by atoms with Crippen molar-refractivity contribution in [3.8, 4) is 0 Å². The summed E-state index contributed by atoms with van der Waals surface area (Å²) in [6.07, 6.45) is 14.9. The standard InChI is InChI=1S/C16H31N/c1-2-12-17-13-15-10-6-7-11-16(15)14-8-4-3-5-9-14/h14-17H,2-13H2,1H3. The summed E-state index contributed by atoms with van der Waals surface area (Å²) in [5.41, 5.74) is 0. The summed E-state index contributed by atoms with van der Waals surface area (Å²) in [6, 6.07) is 0. The van der Waals surface area contributed by atoms with Gasteiger partial charge in [-0.2, -0.15) is 0 Å². The van der Waals surface area contributed by atoms with Crippen LogP contribution in [-0.4, -0.2) is 13.1 Å². The molecule has 0 saturated heterocycles. The molecule has 2 aliphatic rings. The first-order valence-electron chi connectivity index (χ1n) is 8.12. The van der Waals surface area contributed by atoms with E-state index in [9.17, 15) is 0 Å². The van der Waals surface area contributed by atoms with Gasteiger partial charge in [0.1, 0.15) is 0 Å². The van der Waals surface area contributed by atoms with Gasteiger partial charge in [-0.3, -0.25) is 0 Å². The van der Waals surface area contributed by atoms with Crippen LogP contribution >= 0.6 is 0 Å². The number of hydrogen-bond acceptors (Lipinski definition) is 1. The predicted octanol–water partition coefficient (Wildman–Crippen LogP) is 4.37. The molecule has 1 nitrogen and oxygen atoms in total. The quantitative estimate of drug-likeness (QED) is 0.700. The molecular weight excluding hydrogens is 206 g/mol. The molecule has 2 fully saturated rings. The lowest BCUT2D eigenvalue weighted by Crippen LogP contribution is -2.35. The molecule has 2 atom stereocenters. The van der Waals surface area contributed by atoms with Gasteiger partial charge in [0.15, 0.2) is 0 Å². The molecule has 2 aliphatic carbocycles. The summed E-state index contributed by atoms with van der Waals surface area (Å²) in [5.74, 6) is 3.14. The molecule has 0 aliphatic heterocycles. The molecule has 1 heteroatoms. The maximum atomic E-state index is 3.67. The molecule has 1 N–H and O–H groups in total. The largest absolute Gasteiger partial charge is 0.316 e. The van der Waals surface area contributed by atoms with Gasteiger partial charge in [-0.1, -0.05) is 51.9 Å². The van der Waals surface area contributed by atoms with Gasteiger partial charge in [0.2, 0.25) is 0 Å². The van der Waals surface area contributed by atoms with Crippen LogP contribution in [0, 0.1) is 17.8 Å². The van der Waals surface area contributed by atoms with Crippen molar-refractivity contribution in [1.82, 2.24) is 5.32 Å². The van der Waals surface area contributed by atoms with Crippen LogP contribution in [0.1, 0.15) is 71.1 Å². The summed E-state index contributed by atoms with van der Waals surface area (Å²) in [5, 5.41) is 3.67. The van der Waals surface area contributed by atoms with E-state index in [4.69, 9.17) is 0 Å². The van der Waals surface area contributed by atoms with Gasteiger partial charge in [-0.05, 0) is 50.1 Å². The van der Waals surface area contributed by atoms with Gasteiger partial charge in [-0.15, -0.1) is 0 Å². The molecular formula is C16H31N. The van der Waals surface area contributed by atoms with Gasteiger partial charge in [-0.25, -0.2) is 0 Å². The monoisotopic (exact) mass is 237 g/mol. The fourth-order valence-corrected chi connectivity index (χ4v) is 4.14. The van der Waals surface area contributed by atoms with E-state index in [2.05, 4.69) is 12.2 Å². The molecule has 0 aromatic heterocycles. The summed E-state index contributed by atoms with van der Waals surface area (Å²) in [4.78, 5) is 0. The molecule has 0 bridgehead atoms. The summed E-state index contributed by atoms with van der Waals surface area (Å²) >= 11 is 0. The normalized spacial score (nSPS) is 31.6. The van der Waals surface area contributed by atoms with Crippen LogP contribution in [0.2, 0.25) is 0 Å². The van der Waals surface area contributed by atoms with Crippen molar-refractivity contribution in [1.29, 1.82) is 0 Å². The molecule has 2 saturated carbocycles. The summed E-state index contributed by atoms with van der Waals surface area (Å²) in [6.45, 7) is 4.79. The van der Waals surface area contributed by atoms with Gasteiger partial charge in [0.25, 0.3) is 0 Å². The Kier molecular flexibility index (Phi) is 5.84. The number of rotatable bonds is 5. The molecule has 100 valence electrons. The Bertz CT molecular complexity index is 196. The highest BCUT2D eigenvalue weighted by Gasteiger charge is 2.31. The molecule has 0 spiro atoms. The molecule has 0 heterocycles. The molecule has 0 radical (unpaired) electrons. The zero-order valence-corrected chi connectivity index (χ0v) is 11.7. The Morgan fingerprint density at radius 1 is 0.882 bits per heavy atom. The molecule has 17 heavy (non-hydrogen) atoms. The Balaban J connectivity index is 1.82. The van der Waals surface area contributed by atoms with E-state index >= 15 is 0 Å². The zero-order valence-electron chi connectivity index (χ0n) is 11.7. The van der Waals surface area contributed by atoms with Crippen LogP contribution in [0.3, 0.4) is 0 Å².